The quantitative estimate of drug-likeness (QED) is 0.714. The molecule has 3 rings (SSSR count). The zero-order valence-corrected chi connectivity index (χ0v) is 13.9. The van der Waals surface area contributed by atoms with Crippen molar-refractivity contribution in [3.63, 3.8) is 0 Å². The first-order valence-electron chi connectivity index (χ1n) is 7.92. The molecule has 0 spiro atoms. The summed E-state index contributed by atoms with van der Waals surface area (Å²) >= 11 is 0. The maximum atomic E-state index is 12.4. The topological polar surface area (TPSA) is 63.6 Å². The maximum Gasteiger partial charge on any atom is 0.389 e. The predicted octanol–water partition coefficient (Wildman–Crippen LogP) is 3.62. The SMILES string of the molecule is Cn1c(=O)n(CCCC(F)(F)F)c2ccc(-c3cnccc3C#N)cc21. The Morgan fingerprint density at radius 3 is 2.69 bits per heavy atom. The Balaban J connectivity index is 2.03. The molecule has 1 aromatic carbocycles. The summed E-state index contributed by atoms with van der Waals surface area (Å²) in [6.45, 7) is -0.00856. The second-order valence-corrected chi connectivity index (χ2v) is 5.95. The number of hydrogen-bond acceptors (Lipinski definition) is 3. The van der Waals surface area contributed by atoms with Gasteiger partial charge in [-0.3, -0.25) is 14.1 Å². The molecule has 0 aliphatic carbocycles. The third kappa shape index (κ3) is 3.33. The largest absolute Gasteiger partial charge is 0.389 e. The van der Waals surface area contributed by atoms with Crippen LogP contribution in [0.1, 0.15) is 18.4 Å². The molecule has 5 nitrogen and oxygen atoms in total. The van der Waals surface area contributed by atoms with Crippen molar-refractivity contribution in [3.8, 4) is 17.2 Å². The van der Waals surface area contributed by atoms with Crippen molar-refractivity contribution in [3.05, 3.63) is 52.7 Å². The number of benzene rings is 1. The molecule has 134 valence electrons. The van der Waals surface area contributed by atoms with Crippen LogP contribution < -0.4 is 5.69 Å². The summed E-state index contributed by atoms with van der Waals surface area (Å²) in [6.07, 6.45) is -2.25. The average molecular weight is 360 g/mol. The molecule has 0 bridgehead atoms. The summed E-state index contributed by atoms with van der Waals surface area (Å²) in [5.74, 6) is 0. The molecule has 8 heteroatoms. The standard InChI is InChI=1S/C18H15F3N4O/c1-24-16-9-12(14-11-23-7-5-13(14)10-22)3-4-15(16)25(17(24)26)8-2-6-18(19,20)21/h3-5,7,9,11H,2,6,8H2,1H3. The van der Waals surface area contributed by atoms with E-state index < -0.39 is 12.6 Å². The number of fused-ring (bicyclic) bond motifs is 1. The number of nitriles is 1. The molecular weight excluding hydrogens is 345 g/mol. The van der Waals surface area contributed by atoms with Crippen LogP contribution in [-0.2, 0) is 13.6 Å². The molecule has 0 aliphatic heterocycles. The lowest BCUT2D eigenvalue weighted by Crippen LogP contribution is -2.23. The van der Waals surface area contributed by atoms with E-state index in [2.05, 4.69) is 11.1 Å². The van der Waals surface area contributed by atoms with E-state index in [4.69, 9.17) is 0 Å². The lowest BCUT2D eigenvalue weighted by atomic mass is 10.0. The second-order valence-electron chi connectivity index (χ2n) is 5.95. The maximum absolute atomic E-state index is 12.4. The van der Waals surface area contributed by atoms with E-state index in [1.165, 1.54) is 15.3 Å². The van der Waals surface area contributed by atoms with Gasteiger partial charge in [0.2, 0.25) is 0 Å². The Bertz CT molecular complexity index is 1060. The van der Waals surface area contributed by atoms with Crippen LogP contribution >= 0.6 is 0 Å². The van der Waals surface area contributed by atoms with Gasteiger partial charge in [0, 0.05) is 38.0 Å². The summed E-state index contributed by atoms with van der Waals surface area (Å²) in [4.78, 5) is 16.4. The number of imidazole rings is 1. The summed E-state index contributed by atoms with van der Waals surface area (Å²) in [6, 6.07) is 8.86. The van der Waals surface area contributed by atoms with Crippen molar-refractivity contribution in [1.29, 1.82) is 5.26 Å². The molecule has 0 aliphatic rings. The van der Waals surface area contributed by atoms with Crippen molar-refractivity contribution in [1.82, 2.24) is 14.1 Å². The lowest BCUT2D eigenvalue weighted by molar-refractivity contribution is -0.135. The van der Waals surface area contributed by atoms with Crippen molar-refractivity contribution in [2.75, 3.05) is 0 Å². The van der Waals surface area contributed by atoms with E-state index in [1.807, 2.05) is 0 Å². The number of halogens is 3. The van der Waals surface area contributed by atoms with Crippen molar-refractivity contribution >= 4 is 11.0 Å². The van der Waals surface area contributed by atoms with Gasteiger partial charge in [0.05, 0.1) is 22.7 Å². The average Bonchev–Trinajstić information content (AvgIpc) is 2.85. The van der Waals surface area contributed by atoms with Gasteiger partial charge in [0.15, 0.2) is 0 Å². The predicted molar refractivity (Wildman–Crippen MR) is 90.4 cm³/mol. The van der Waals surface area contributed by atoms with Crippen LogP contribution in [0, 0.1) is 11.3 Å². The molecule has 26 heavy (non-hydrogen) atoms. The van der Waals surface area contributed by atoms with Gasteiger partial charge in [-0.05, 0) is 30.2 Å². The highest BCUT2D eigenvalue weighted by atomic mass is 19.4. The zero-order valence-electron chi connectivity index (χ0n) is 13.9. The van der Waals surface area contributed by atoms with Gasteiger partial charge in [0.1, 0.15) is 0 Å². The number of aryl methyl sites for hydroxylation is 2. The molecule has 0 N–H and O–H groups in total. The Labute approximate surface area is 146 Å². The summed E-state index contributed by atoms with van der Waals surface area (Å²) < 4.78 is 39.8. The number of hydrogen-bond donors (Lipinski definition) is 0. The van der Waals surface area contributed by atoms with E-state index in [0.717, 1.165) is 0 Å². The number of rotatable bonds is 4. The normalized spacial score (nSPS) is 11.7. The molecule has 2 aromatic heterocycles. The Hall–Kier alpha value is -3.08. The van der Waals surface area contributed by atoms with E-state index in [1.54, 1.807) is 37.5 Å². The Kier molecular flexibility index (Phi) is 4.55. The first kappa shape index (κ1) is 17.7. The highest BCUT2D eigenvalue weighted by Crippen LogP contribution is 2.27. The van der Waals surface area contributed by atoms with E-state index in [0.29, 0.717) is 27.7 Å². The molecule has 0 radical (unpaired) electrons. The minimum Gasteiger partial charge on any atom is -0.295 e. The molecule has 0 unspecified atom stereocenters. The second kappa shape index (κ2) is 6.67. The smallest absolute Gasteiger partial charge is 0.295 e. The van der Waals surface area contributed by atoms with Crippen LogP contribution in [0.2, 0.25) is 0 Å². The van der Waals surface area contributed by atoms with Gasteiger partial charge in [0.25, 0.3) is 0 Å². The van der Waals surface area contributed by atoms with Gasteiger partial charge >= 0.3 is 11.9 Å². The monoisotopic (exact) mass is 360 g/mol. The molecule has 0 saturated carbocycles. The minimum atomic E-state index is -4.24. The van der Waals surface area contributed by atoms with Crippen LogP contribution in [0.15, 0.2) is 41.5 Å². The molecule has 2 heterocycles. The fraction of sp³-hybridized carbons (Fsp3) is 0.278. The molecule has 0 atom stereocenters. The third-order valence-corrected chi connectivity index (χ3v) is 4.24. The number of pyridine rings is 1. The third-order valence-electron chi connectivity index (χ3n) is 4.24. The van der Waals surface area contributed by atoms with Gasteiger partial charge in [-0.15, -0.1) is 0 Å². The van der Waals surface area contributed by atoms with Gasteiger partial charge in [-0.2, -0.15) is 18.4 Å². The fourth-order valence-corrected chi connectivity index (χ4v) is 2.95. The van der Waals surface area contributed by atoms with Crippen molar-refractivity contribution in [2.24, 2.45) is 7.05 Å². The summed E-state index contributed by atoms with van der Waals surface area (Å²) in [5, 5.41) is 9.23. The zero-order chi connectivity index (χ0) is 18.9. The highest BCUT2D eigenvalue weighted by molar-refractivity contribution is 5.84. The van der Waals surface area contributed by atoms with Gasteiger partial charge in [-0.1, -0.05) is 6.07 Å². The molecule has 3 aromatic rings. The van der Waals surface area contributed by atoms with Crippen molar-refractivity contribution < 1.29 is 13.2 Å². The van der Waals surface area contributed by atoms with Crippen LogP contribution in [0.4, 0.5) is 13.2 Å². The Morgan fingerprint density at radius 2 is 2.00 bits per heavy atom. The summed E-state index contributed by atoms with van der Waals surface area (Å²) in [5.41, 5.74) is 2.58. The molecular formula is C18H15F3N4O. The Morgan fingerprint density at radius 1 is 1.23 bits per heavy atom. The minimum absolute atomic E-state index is 0.00856. The number of alkyl halides is 3. The van der Waals surface area contributed by atoms with Crippen LogP contribution in [0.25, 0.3) is 22.2 Å². The van der Waals surface area contributed by atoms with Gasteiger partial charge < -0.3 is 0 Å². The van der Waals surface area contributed by atoms with E-state index in [-0.39, 0.29) is 18.7 Å². The first-order valence-corrected chi connectivity index (χ1v) is 7.92. The molecule has 0 saturated heterocycles. The van der Waals surface area contributed by atoms with E-state index >= 15 is 0 Å². The van der Waals surface area contributed by atoms with Crippen LogP contribution in [0.3, 0.4) is 0 Å². The molecule has 0 fully saturated rings. The van der Waals surface area contributed by atoms with Gasteiger partial charge in [-0.25, -0.2) is 4.79 Å². The van der Waals surface area contributed by atoms with E-state index in [9.17, 15) is 23.2 Å². The molecule has 0 amide bonds. The van der Waals surface area contributed by atoms with Crippen LogP contribution in [-0.4, -0.2) is 20.3 Å². The first-order chi connectivity index (χ1) is 12.3. The summed E-state index contributed by atoms with van der Waals surface area (Å²) in [7, 11) is 1.57. The fourth-order valence-electron chi connectivity index (χ4n) is 2.95. The number of aromatic nitrogens is 3. The highest BCUT2D eigenvalue weighted by Gasteiger charge is 2.26. The lowest BCUT2D eigenvalue weighted by Gasteiger charge is -2.07. The number of nitrogens with zero attached hydrogens (tertiary/aromatic N) is 4. The van der Waals surface area contributed by atoms with Crippen LogP contribution in [0.5, 0.6) is 0 Å². The van der Waals surface area contributed by atoms with Crippen molar-refractivity contribution in [2.45, 2.75) is 25.6 Å².